The summed E-state index contributed by atoms with van der Waals surface area (Å²) in [5, 5.41) is 3.04. The summed E-state index contributed by atoms with van der Waals surface area (Å²) < 4.78 is 10.7. The average molecular weight is 394 g/mol. The lowest BCUT2D eigenvalue weighted by Gasteiger charge is -2.38. The van der Waals surface area contributed by atoms with Crippen LogP contribution in [-0.2, 0) is 11.3 Å². The molecular weight excluding hydrogens is 368 g/mol. The third kappa shape index (κ3) is 4.06. The van der Waals surface area contributed by atoms with Crippen molar-refractivity contribution in [2.45, 2.75) is 33.2 Å². The molecule has 0 aromatic heterocycles. The van der Waals surface area contributed by atoms with Crippen molar-refractivity contribution in [3.8, 4) is 11.5 Å². The molecule has 2 aromatic rings. The molecule has 6 nitrogen and oxygen atoms in total. The molecule has 0 aliphatic carbocycles. The Hall–Kier alpha value is -3.02. The fourth-order valence-electron chi connectivity index (χ4n) is 3.84. The van der Waals surface area contributed by atoms with Crippen molar-refractivity contribution in [1.82, 2.24) is 10.2 Å². The van der Waals surface area contributed by atoms with Gasteiger partial charge in [-0.05, 0) is 49.6 Å². The number of hydrogen-bond donors (Lipinski definition) is 1. The van der Waals surface area contributed by atoms with Crippen molar-refractivity contribution in [3.63, 3.8) is 0 Å². The Bertz CT molecular complexity index is 932. The molecule has 0 atom stereocenters. The van der Waals surface area contributed by atoms with E-state index in [2.05, 4.69) is 5.32 Å². The number of carbonyl (C=O) groups excluding carboxylic acids is 2. The van der Waals surface area contributed by atoms with E-state index >= 15 is 0 Å². The van der Waals surface area contributed by atoms with Crippen LogP contribution in [0.5, 0.6) is 11.5 Å². The Morgan fingerprint density at radius 1 is 1.07 bits per heavy atom. The quantitative estimate of drug-likeness (QED) is 0.864. The van der Waals surface area contributed by atoms with Crippen LogP contribution >= 0.6 is 0 Å². The van der Waals surface area contributed by atoms with Crippen LogP contribution in [0, 0.1) is 12.3 Å². The van der Waals surface area contributed by atoms with E-state index in [1.54, 1.807) is 0 Å². The van der Waals surface area contributed by atoms with Crippen LogP contribution in [-0.4, -0.2) is 36.6 Å². The van der Waals surface area contributed by atoms with E-state index in [-0.39, 0.29) is 18.6 Å². The third-order valence-electron chi connectivity index (χ3n) is 5.86. The predicted molar refractivity (Wildman–Crippen MR) is 109 cm³/mol. The second-order valence-corrected chi connectivity index (χ2v) is 8.09. The summed E-state index contributed by atoms with van der Waals surface area (Å²) in [4.78, 5) is 27.4. The van der Waals surface area contributed by atoms with Crippen molar-refractivity contribution in [1.29, 1.82) is 0 Å². The maximum Gasteiger partial charge on any atom is 0.253 e. The van der Waals surface area contributed by atoms with Crippen molar-refractivity contribution in [3.05, 3.63) is 59.2 Å². The summed E-state index contributed by atoms with van der Waals surface area (Å²) in [5.74, 6) is 1.51. The van der Waals surface area contributed by atoms with E-state index in [4.69, 9.17) is 9.47 Å². The van der Waals surface area contributed by atoms with Gasteiger partial charge in [0.1, 0.15) is 0 Å². The summed E-state index contributed by atoms with van der Waals surface area (Å²) in [7, 11) is 0. The van der Waals surface area contributed by atoms with Gasteiger partial charge in [0.05, 0.1) is 0 Å². The predicted octanol–water partition coefficient (Wildman–Crippen LogP) is 3.28. The van der Waals surface area contributed by atoms with Gasteiger partial charge in [0, 0.05) is 30.6 Å². The van der Waals surface area contributed by atoms with Gasteiger partial charge in [-0.1, -0.05) is 30.7 Å². The molecule has 0 bridgehead atoms. The summed E-state index contributed by atoms with van der Waals surface area (Å²) in [6.07, 6.45) is 1.30. The van der Waals surface area contributed by atoms with Gasteiger partial charge in [-0.3, -0.25) is 9.59 Å². The average Bonchev–Trinajstić information content (AvgIpc) is 3.20. The second-order valence-electron chi connectivity index (χ2n) is 8.09. The van der Waals surface area contributed by atoms with Crippen molar-refractivity contribution in [2.24, 2.45) is 5.41 Å². The minimum absolute atomic E-state index is 0.0258. The number of carbonyl (C=O) groups is 2. The van der Waals surface area contributed by atoms with E-state index < -0.39 is 5.41 Å². The number of likely N-dealkylation sites (tertiary alicyclic amines) is 1. The van der Waals surface area contributed by atoms with Crippen LogP contribution in [0.4, 0.5) is 0 Å². The Morgan fingerprint density at radius 2 is 1.83 bits per heavy atom. The highest BCUT2D eigenvalue weighted by atomic mass is 16.7. The largest absolute Gasteiger partial charge is 0.454 e. The van der Waals surface area contributed by atoms with Gasteiger partial charge in [-0.15, -0.1) is 0 Å². The zero-order valence-corrected chi connectivity index (χ0v) is 16.9. The lowest BCUT2D eigenvalue weighted by molar-refractivity contribution is -0.132. The highest BCUT2D eigenvalue weighted by Gasteiger charge is 2.38. The molecular formula is C23H26N2O4. The molecule has 0 spiro atoms. The minimum atomic E-state index is -0.472. The van der Waals surface area contributed by atoms with Gasteiger partial charge in [0.15, 0.2) is 11.5 Å². The highest BCUT2D eigenvalue weighted by Crippen LogP contribution is 2.34. The third-order valence-corrected chi connectivity index (χ3v) is 5.86. The van der Waals surface area contributed by atoms with Gasteiger partial charge < -0.3 is 19.7 Å². The molecule has 0 radical (unpaired) electrons. The molecule has 2 heterocycles. The number of nitrogens with zero attached hydrogens (tertiary/aromatic N) is 1. The number of hydrogen-bond acceptors (Lipinski definition) is 4. The maximum atomic E-state index is 12.8. The maximum absolute atomic E-state index is 12.8. The highest BCUT2D eigenvalue weighted by molar-refractivity contribution is 5.94. The molecule has 2 amide bonds. The molecule has 0 unspecified atom stereocenters. The molecule has 1 fully saturated rings. The van der Waals surface area contributed by atoms with Crippen LogP contribution in [0.2, 0.25) is 0 Å². The van der Waals surface area contributed by atoms with Crippen molar-refractivity contribution < 1.29 is 19.1 Å². The van der Waals surface area contributed by atoms with Gasteiger partial charge in [-0.25, -0.2) is 0 Å². The summed E-state index contributed by atoms with van der Waals surface area (Å²) in [6.45, 7) is 5.81. The van der Waals surface area contributed by atoms with Crippen LogP contribution < -0.4 is 14.8 Å². The smallest absolute Gasteiger partial charge is 0.253 e. The van der Waals surface area contributed by atoms with Gasteiger partial charge >= 0.3 is 0 Å². The molecule has 1 saturated heterocycles. The summed E-state index contributed by atoms with van der Waals surface area (Å²) in [6, 6.07) is 13.3. The first-order chi connectivity index (χ1) is 13.9. The molecule has 152 valence electrons. The van der Waals surface area contributed by atoms with Crippen LogP contribution in [0.25, 0.3) is 0 Å². The lowest BCUT2D eigenvalue weighted by Crippen LogP contribution is -2.48. The SMILES string of the molecule is Cc1cccc(C(=O)N2CCC(C)(C(=O)NCc3ccc4c(c3)OCO4)CC2)c1. The first kappa shape index (κ1) is 19.3. The van der Waals surface area contributed by atoms with Crippen LogP contribution in [0.3, 0.4) is 0 Å². The van der Waals surface area contributed by atoms with Crippen LogP contribution in [0.15, 0.2) is 42.5 Å². The molecule has 2 aliphatic rings. The summed E-state index contributed by atoms with van der Waals surface area (Å²) >= 11 is 0. The Morgan fingerprint density at radius 3 is 2.59 bits per heavy atom. The number of fused-ring (bicyclic) bond motifs is 1. The normalized spacial score (nSPS) is 17.1. The molecule has 2 aromatic carbocycles. The number of aryl methyl sites for hydroxylation is 1. The number of piperidine rings is 1. The molecule has 4 rings (SSSR count). The molecule has 1 N–H and O–H groups in total. The Kier molecular flexibility index (Phi) is 5.18. The summed E-state index contributed by atoms with van der Waals surface area (Å²) in [5.41, 5.74) is 2.28. The van der Waals surface area contributed by atoms with E-state index in [0.29, 0.717) is 43.8 Å². The number of benzene rings is 2. The van der Waals surface area contributed by atoms with E-state index in [1.807, 2.05) is 61.2 Å². The first-order valence-electron chi connectivity index (χ1n) is 9.97. The zero-order valence-electron chi connectivity index (χ0n) is 16.9. The van der Waals surface area contributed by atoms with E-state index in [1.165, 1.54) is 0 Å². The minimum Gasteiger partial charge on any atom is -0.454 e. The first-order valence-corrected chi connectivity index (χ1v) is 9.97. The topological polar surface area (TPSA) is 67.9 Å². The molecule has 2 aliphatic heterocycles. The standard InChI is InChI=1S/C23H26N2O4/c1-16-4-3-5-18(12-16)21(26)25-10-8-23(2,9-11-25)22(27)24-14-17-6-7-19-20(13-17)29-15-28-19/h3-7,12-13H,8-11,14-15H2,1-2H3,(H,24,27). The number of rotatable bonds is 4. The van der Waals surface area contributed by atoms with Crippen LogP contribution in [0.1, 0.15) is 41.3 Å². The fourth-order valence-corrected chi connectivity index (χ4v) is 3.84. The monoisotopic (exact) mass is 394 g/mol. The lowest BCUT2D eigenvalue weighted by atomic mass is 9.79. The Balaban J connectivity index is 1.32. The van der Waals surface area contributed by atoms with Gasteiger partial charge in [0.25, 0.3) is 5.91 Å². The van der Waals surface area contributed by atoms with E-state index in [0.717, 1.165) is 16.9 Å². The number of nitrogens with one attached hydrogen (secondary N) is 1. The molecule has 29 heavy (non-hydrogen) atoms. The number of amides is 2. The molecule has 0 saturated carbocycles. The van der Waals surface area contributed by atoms with Gasteiger partial charge in [-0.2, -0.15) is 0 Å². The fraction of sp³-hybridized carbons (Fsp3) is 0.391. The number of ether oxygens (including phenoxy) is 2. The van der Waals surface area contributed by atoms with Crippen molar-refractivity contribution >= 4 is 11.8 Å². The Labute approximate surface area is 170 Å². The van der Waals surface area contributed by atoms with E-state index in [9.17, 15) is 9.59 Å². The van der Waals surface area contributed by atoms with Gasteiger partial charge in [0.2, 0.25) is 12.7 Å². The van der Waals surface area contributed by atoms with Crippen molar-refractivity contribution in [2.75, 3.05) is 19.9 Å². The second kappa shape index (κ2) is 7.78. The zero-order chi connectivity index (χ0) is 20.4. The molecule has 6 heteroatoms.